The number of anilines is 1. The van der Waals surface area contributed by atoms with E-state index in [1.165, 1.54) is 18.9 Å². The van der Waals surface area contributed by atoms with Gasteiger partial charge in [-0.25, -0.2) is 4.39 Å². The lowest BCUT2D eigenvalue weighted by Crippen LogP contribution is -2.30. The topological polar surface area (TPSA) is 12.5 Å². The predicted octanol–water partition coefficient (Wildman–Crippen LogP) is 3.34. The number of benzene rings is 1. The van der Waals surface area contributed by atoms with Crippen LogP contribution in [0.2, 0.25) is 0 Å². The van der Waals surface area contributed by atoms with Gasteiger partial charge in [-0.05, 0) is 25.0 Å². The zero-order valence-corrected chi connectivity index (χ0v) is 11.5. The highest BCUT2D eigenvalue weighted by Gasteiger charge is 2.30. The van der Waals surface area contributed by atoms with E-state index in [2.05, 4.69) is 20.8 Å². The third-order valence-electron chi connectivity index (χ3n) is 3.06. The Kier molecular flexibility index (Phi) is 4.40. The third-order valence-corrected chi connectivity index (χ3v) is 3.62. The van der Waals surface area contributed by atoms with Crippen molar-refractivity contribution in [3.8, 4) is 0 Å². The van der Waals surface area contributed by atoms with E-state index in [1.54, 1.807) is 13.2 Å². The third kappa shape index (κ3) is 2.99. The van der Waals surface area contributed by atoms with Crippen LogP contribution in [0.25, 0.3) is 0 Å². The van der Waals surface area contributed by atoms with E-state index >= 15 is 0 Å². The molecule has 0 amide bonds. The summed E-state index contributed by atoms with van der Waals surface area (Å²) in [6.07, 6.45) is 2.39. The molecule has 0 aromatic heterocycles. The van der Waals surface area contributed by atoms with Crippen LogP contribution in [0.4, 0.5) is 10.1 Å². The second-order valence-electron chi connectivity index (χ2n) is 4.29. The van der Waals surface area contributed by atoms with Crippen molar-refractivity contribution in [2.24, 2.45) is 0 Å². The van der Waals surface area contributed by atoms with Gasteiger partial charge in [0, 0.05) is 36.3 Å². The fourth-order valence-corrected chi connectivity index (χ4v) is 2.58. The minimum absolute atomic E-state index is 0.137. The number of rotatable bonds is 6. The molecule has 4 heteroatoms. The molecule has 1 aliphatic carbocycles. The quantitative estimate of drug-likeness (QED) is 0.747. The highest BCUT2D eigenvalue weighted by Crippen LogP contribution is 2.34. The molecule has 1 aromatic rings. The van der Waals surface area contributed by atoms with Crippen LogP contribution in [0.15, 0.2) is 18.2 Å². The Hall–Kier alpha value is -0.610. The molecule has 0 unspecified atom stereocenters. The van der Waals surface area contributed by atoms with Gasteiger partial charge in [0.1, 0.15) is 5.82 Å². The Morgan fingerprint density at radius 1 is 1.47 bits per heavy atom. The summed E-state index contributed by atoms with van der Waals surface area (Å²) in [5, 5.41) is 0.547. The van der Waals surface area contributed by atoms with Crippen molar-refractivity contribution >= 4 is 21.6 Å². The van der Waals surface area contributed by atoms with Crippen LogP contribution in [-0.4, -0.2) is 26.3 Å². The van der Waals surface area contributed by atoms with Gasteiger partial charge in [0.25, 0.3) is 0 Å². The van der Waals surface area contributed by atoms with Gasteiger partial charge < -0.3 is 9.64 Å². The van der Waals surface area contributed by atoms with Crippen molar-refractivity contribution in [3.63, 3.8) is 0 Å². The molecular formula is C13H17BrFNO. The normalized spacial score (nSPS) is 15.0. The van der Waals surface area contributed by atoms with Gasteiger partial charge in [0.2, 0.25) is 0 Å². The van der Waals surface area contributed by atoms with Gasteiger partial charge in [-0.2, -0.15) is 0 Å². The van der Waals surface area contributed by atoms with Gasteiger partial charge in [0.15, 0.2) is 0 Å². The molecule has 0 atom stereocenters. The molecule has 2 rings (SSSR count). The van der Waals surface area contributed by atoms with E-state index in [0.717, 1.165) is 17.8 Å². The summed E-state index contributed by atoms with van der Waals surface area (Å²) in [6, 6.07) is 5.85. The fraction of sp³-hybridized carbons (Fsp3) is 0.538. The number of hydrogen-bond donors (Lipinski definition) is 0. The first-order chi connectivity index (χ1) is 8.27. The second-order valence-corrected chi connectivity index (χ2v) is 4.85. The maximum Gasteiger partial charge on any atom is 0.129 e. The van der Waals surface area contributed by atoms with Gasteiger partial charge in [0.05, 0.1) is 6.61 Å². The zero-order valence-electron chi connectivity index (χ0n) is 9.96. The van der Waals surface area contributed by atoms with Crippen molar-refractivity contribution in [1.29, 1.82) is 0 Å². The summed E-state index contributed by atoms with van der Waals surface area (Å²) >= 11 is 3.37. The van der Waals surface area contributed by atoms with E-state index in [1.807, 2.05) is 6.07 Å². The zero-order chi connectivity index (χ0) is 12.3. The van der Waals surface area contributed by atoms with Crippen molar-refractivity contribution in [2.75, 3.05) is 25.2 Å². The number of hydrogen-bond acceptors (Lipinski definition) is 2. The molecule has 0 spiro atoms. The SMILES string of the molecule is COCCN(c1cccc(F)c1CBr)C1CC1. The molecule has 1 aromatic carbocycles. The molecule has 0 saturated heterocycles. The lowest BCUT2D eigenvalue weighted by Gasteiger charge is -2.26. The Labute approximate surface area is 110 Å². The average molecular weight is 302 g/mol. The van der Waals surface area contributed by atoms with Crippen molar-refractivity contribution in [2.45, 2.75) is 24.2 Å². The Morgan fingerprint density at radius 2 is 2.24 bits per heavy atom. The number of ether oxygens (including phenoxy) is 1. The summed E-state index contributed by atoms with van der Waals surface area (Å²) in [7, 11) is 1.70. The monoisotopic (exact) mass is 301 g/mol. The Morgan fingerprint density at radius 3 is 2.82 bits per heavy atom. The molecule has 1 saturated carbocycles. The smallest absolute Gasteiger partial charge is 0.129 e. The maximum atomic E-state index is 13.7. The van der Waals surface area contributed by atoms with E-state index < -0.39 is 0 Å². The summed E-state index contributed by atoms with van der Waals surface area (Å²) in [5.74, 6) is -0.137. The summed E-state index contributed by atoms with van der Waals surface area (Å²) < 4.78 is 18.9. The van der Waals surface area contributed by atoms with Gasteiger partial charge >= 0.3 is 0 Å². The van der Waals surface area contributed by atoms with Crippen molar-refractivity contribution in [3.05, 3.63) is 29.6 Å². The second kappa shape index (κ2) is 5.83. The highest BCUT2D eigenvalue weighted by atomic mass is 79.9. The first-order valence-electron chi connectivity index (χ1n) is 5.87. The molecule has 0 aliphatic heterocycles. The fourth-order valence-electron chi connectivity index (χ4n) is 2.02. The molecule has 94 valence electrons. The Balaban J connectivity index is 2.25. The number of nitrogens with zero attached hydrogens (tertiary/aromatic N) is 1. The van der Waals surface area contributed by atoms with Crippen LogP contribution in [0, 0.1) is 5.82 Å². The molecule has 0 bridgehead atoms. The molecule has 17 heavy (non-hydrogen) atoms. The van der Waals surface area contributed by atoms with E-state index in [4.69, 9.17) is 4.74 Å². The van der Waals surface area contributed by atoms with Gasteiger partial charge in [-0.3, -0.25) is 0 Å². The molecule has 0 radical (unpaired) electrons. The highest BCUT2D eigenvalue weighted by molar-refractivity contribution is 9.08. The van der Waals surface area contributed by atoms with Crippen LogP contribution < -0.4 is 4.90 Å². The molecule has 0 N–H and O–H groups in total. The average Bonchev–Trinajstić information content (AvgIpc) is 3.14. The maximum absolute atomic E-state index is 13.7. The van der Waals surface area contributed by atoms with Gasteiger partial charge in [-0.15, -0.1) is 0 Å². The van der Waals surface area contributed by atoms with Crippen molar-refractivity contribution < 1.29 is 9.13 Å². The van der Waals surface area contributed by atoms with Crippen LogP contribution >= 0.6 is 15.9 Å². The number of methoxy groups -OCH3 is 1. The largest absolute Gasteiger partial charge is 0.383 e. The van der Waals surface area contributed by atoms with Gasteiger partial charge in [-0.1, -0.05) is 22.0 Å². The van der Waals surface area contributed by atoms with Crippen LogP contribution in [0.1, 0.15) is 18.4 Å². The lowest BCUT2D eigenvalue weighted by molar-refractivity contribution is 0.205. The van der Waals surface area contributed by atoms with E-state index in [9.17, 15) is 4.39 Å². The minimum atomic E-state index is -0.137. The summed E-state index contributed by atoms with van der Waals surface area (Å²) in [4.78, 5) is 2.27. The molecule has 1 fully saturated rings. The first-order valence-corrected chi connectivity index (χ1v) is 6.99. The Bertz CT molecular complexity index is 382. The number of alkyl halides is 1. The minimum Gasteiger partial charge on any atom is -0.383 e. The predicted molar refractivity (Wildman–Crippen MR) is 71.3 cm³/mol. The number of halogens is 2. The lowest BCUT2D eigenvalue weighted by atomic mass is 10.1. The molecular weight excluding hydrogens is 285 g/mol. The standard InChI is InChI=1S/C13H17BrFNO/c1-17-8-7-16(10-5-6-10)13-4-2-3-12(15)11(13)9-14/h2-4,10H,5-9H2,1H3. The summed E-state index contributed by atoms with van der Waals surface area (Å²) in [5.41, 5.74) is 1.75. The van der Waals surface area contributed by atoms with Crippen molar-refractivity contribution in [1.82, 2.24) is 0 Å². The van der Waals surface area contributed by atoms with Crippen LogP contribution in [0.5, 0.6) is 0 Å². The van der Waals surface area contributed by atoms with Crippen LogP contribution in [0.3, 0.4) is 0 Å². The van der Waals surface area contributed by atoms with E-state index in [0.29, 0.717) is 18.0 Å². The molecule has 2 nitrogen and oxygen atoms in total. The van der Waals surface area contributed by atoms with Crippen LogP contribution in [-0.2, 0) is 10.1 Å². The first kappa shape index (κ1) is 12.8. The molecule has 0 heterocycles. The molecule has 1 aliphatic rings. The summed E-state index contributed by atoms with van der Waals surface area (Å²) in [6.45, 7) is 1.50. The van der Waals surface area contributed by atoms with E-state index in [-0.39, 0.29) is 5.82 Å².